The van der Waals surface area contributed by atoms with Crippen LogP contribution in [0.1, 0.15) is 31.2 Å². The Morgan fingerprint density at radius 2 is 1.94 bits per heavy atom. The van der Waals surface area contributed by atoms with E-state index in [-0.39, 0.29) is 11.9 Å². The highest BCUT2D eigenvalue weighted by atomic mass is 19.1. The van der Waals surface area contributed by atoms with Crippen LogP contribution in [-0.4, -0.2) is 18.2 Å². The fourth-order valence-electron chi connectivity index (χ4n) is 2.98. The van der Waals surface area contributed by atoms with Gasteiger partial charge >= 0.3 is 0 Å². The molecule has 2 aliphatic rings. The van der Waals surface area contributed by atoms with Crippen LogP contribution >= 0.6 is 0 Å². The molecular weight excluding hydrogens is 217 g/mol. The summed E-state index contributed by atoms with van der Waals surface area (Å²) in [6.45, 7) is 1.89. The van der Waals surface area contributed by atoms with Gasteiger partial charge in [-0.3, -0.25) is 0 Å². The molecule has 0 amide bonds. The number of ether oxygens (including phenoxy) is 1. The Morgan fingerprint density at radius 3 is 2.59 bits per heavy atom. The number of nitrogens with one attached hydrogen (secondary N) is 1. The predicted octanol–water partition coefficient (Wildman–Crippen LogP) is 2.80. The van der Waals surface area contributed by atoms with Crippen LogP contribution in [0.2, 0.25) is 0 Å². The normalized spacial score (nSPS) is 31.5. The van der Waals surface area contributed by atoms with Crippen molar-refractivity contribution in [3.8, 4) is 5.75 Å². The first-order chi connectivity index (χ1) is 8.20. The van der Waals surface area contributed by atoms with Gasteiger partial charge in [-0.1, -0.05) is 6.07 Å². The van der Waals surface area contributed by atoms with E-state index in [1.807, 2.05) is 13.0 Å². The van der Waals surface area contributed by atoms with Crippen molar-refractivity contribution < 1.29 is 9.13 Å². The van der Waals surface area contributed by atoms with Crippen molar-refractivity contribution in [2.75, 3.05) is 0 Å². The molecule has 3 atom stereocenters. The minimum absolute atomic E-state index is 0.172. The SMILES string of the molecule is Cc1ccc(OC2C[C@H]3CC[C@@H](C2)N3)c(F)c1. The number of hydrogen-bond donors (Lipinski definition) is 1. The molecule has 1 aromatic rings. The van der Waals surface area contributed by atoms with Gasteiger partial charge in [0.25, 0.3) is 0 Å². The summed E-state index contributed by atoms with van der Waals surface area (Å²) < 4.78 is 19.5. The van der Waals surface area contributed by atoms with Gasteiger partial charge < -0.3 is 10.1 Å². The highest BCUT2D eigenvalue weighted by molar-refractivity contribution is 5.28. The lowest BCUT2D eigenvalue weighted by atomic mass is 10.0. The summed E-state index contributed by atoms with van der Waals surface area (Å²) in [5.74, 6) is 0.165. The minimum Gasteiger partial charge on any atom is -0.487 e. The minimum atomic E-state index is -0.240. The molecule has 17 heavy (non-hydrogen) atoms. The van der Waals surface area contributed by atoms with E-state index in [2.05, 4.69) is 5.32 Å². The van der Waals surface area contributed by atoms with Crippen LogP contribution in [0.25, 0.3) is 0 Å². The summed E-state index contributed by atoms with van der Waals surface area (Å²) in [4.78, 5) is 0. The molecule has 1 unspecified atom stereocenters. The van der Waals surface area contributed by atoms with Crippen LogP contribution in [0.15, 0.2) is 18.2 Å². The molecule has 0 aromatic heterocycles. The zero-order chi connectivity index (χ0) is 11.8. The maximum atomic E-state index is 13.7. The van der Waals surface area contributed by atoms with Crippen LogP contribution in [0.3, 0.4) is 0 Å². The third kappa shape index (κ3) is 2.29. The molecule has 1 aromatic carbocycles. The Balaban J connectivity index is 1.70. The van der Waals surface area contributed by atoms with Crippen LogP contribution in [0, 0.1) is 12.7 Å². The molecule has 0 aliphatic carbocycles. The molecule has 2 saturated heterocycles. The van der Waals surface area contributed by atoms with Gasteiger partial charge in [-0.05, 0) is 50.3 Å². The summed E-state index contributed by atoms with van der Waals surface area (Å²) in [5.41, 5.74) is 0.931. The molecular formula is C14H18FNO. The van der Waals surface area contributed by atoms with E-state index in [1.54, 1.807) is 6.07 Å². The van der Waals surface area contributed by atoms with Gasteiger partial charge in [-0.15, -0.1) is 0 Å². The lowest BCUT2D eigenvalue weighted by Crippen LogP contribution is -2.42. The van der Waals surface area contributed by atoms with Crippen molar-refractivity contribution in [1.29, 1.82) is 0 Å². The molecule has 92 valence electrons. The van der Waals surface area contributed by atoms with Gasteiger partial charge in [0.1, 0.15) is 6.10 Å². The second-order valence-electron chi connectivity index (χ2n) is 5.28. The van der Waals surface area contributed by atoms with Crippen LogP contribution in [0.5, 0.6) is 5.75 Å². The van der Waals surface area contributed by atoms with Gasteiger partial charge in [0, 0.05) is 12.1 Å². The first-order valence-corrected chi connectivity index (χ1v) is 6.39. The Bertz CT molecular complexity index is 409. The second kappa shape index (κ2) is 4.30. The molecule has 0 spiro atoms. The van der Waals surface area contributed by atoms with Crippen molar-refractivity contribution in [1.82, 2.24) is 5.32 Å². The predicted molar refractivity (Wildman–Crippen MR) is 64.7 cm³/mol. The molecule has 3 rings (SSSR count). The highest BCUT2D eigenvalue weighted by Crippen LogP contribution is 2.30. The van der Waals surface area contributed by atoms with Crippen molar-refractivity contribution >= 4 is 0 Å². The molecule has 2 heterocycles. The molecule has 2 bridgehead atoms. The number of piperidine rings is 1. The van der Waals surface area contributed by atoms with Crippen LogP contribution < -0.4 is 10.1 Å². The zero-order valence-corrected chi connectivity index (χ0v) is 10.1. The monoisotopic (exact) mass is 235 g/mol. The smallest absolute Gasteiger partial charge is 0.165 e. The number of hydrogen-bond acceptors (Lipinski definition) is 2. The first kappa shape index (κ1) is 11.0. The second-order valence-corrected chi connectivity index (χ2v) is 5.28. The van der Waals surface area contributed by atoms with Crippen molar-refractivity contribution in [2.45, 2.75) is 50.8 Å². The lowest BCUT2D eigenvalue weighted by Gasteiger charge is -2.29. The zero-order valence-electron chi connectivity index (χ0n) is 10.1. The maximum Gasteiger partial charge on any atom is 0.165 e. The quantitative estimate of drug-likeness (QED) is 0.851. The summed E-state index contributed by atoms with van der Waals surface area (Å²) in [7, 11) is 0. The van der Waals surface area contributed by atoms with E-state index in [4.69, 9.17) is 4.74 Å². The van der Waals surface area contributed by atoms with Gasteiger partial charge in [0.05, 0.1) is 0 Å². The van der Waals surface area contributed by atoms with Crippen LogP contribution in [-0.2, 0) is 0 Å². The lowest BCUT2D eigenvalue weighted by molar-refractivity contribution is 0.132. The third-order valence-corrected chi connectivity index (χ3v) is 3.81. The Morgan fingerprint density at radius 1 is 1.24 bits per heavy atom. The maximum absolute atomic E-state index is 13.7. The van der Waals surface area contributed by atoms with Gasteiger partial charge in [0.2, 0.25) is 0 Å². The van der Waals surface area contributed by atoms with E-state index in [1.165, 1.54) is 18.9 Å². The van der Waals surface area contributed by atoms with Crippen molar-refractivity contribution in [2.24, 2.45) is 0 Å². The van der Waals surface area contributed by atoms with Crippen molar-refractivity contribution in [3.05, 3.63) is 29.6 Å². The number of rotatable bonds is 2. The largest absolute Gasteiger partial charge is 0.487 e. The van der Waals surface area contributed by atoms with E-state index >= 15 is 0 Å². The molecule has 0 radical (unpaired) electrons. The summed E-state index contributed by atoms with van der Waals surface area (Å²) in [6, 6.07) is 6.33. The fraction of sp³-hybridized carbons (Fsp3) is 0.571. The Kier molecular flexibility index (Phi) is 2.79. The fourth-order valence-corrected chi connectivity index (χ4v) is 2.98. The van der Waals surface area contributed by atoms with Gasteiger partial charge in [-0.25, -0.2) is 4.39 Å². The first-order valence-electron chi connectivity index (χ1n) is 6.39. The summed E-state index contributed by atoms with van der Waals surface area (Å²) >= 11 is 0. The van der Waals surface area contributed by atoms with E-state index in [9.17, 15) is 4.39 Å². The van der Waals surface area contributed by atoms with Crippen molar-refractivity contribution in [3.63, 3.8) is 0 Å². The molecule has 2 aliphatic heterocycles. The third-order valence-electron chi connectivity index (χ3n) is 3.81. The molecule has 0 saturated carbocycles. The molecule has 2 fully saturated rings. The number of aryl methyl sites for hydroxylation is 1. The Hall–Kier alpha value is -1.09. The van der Waals surface area contributed by atoms with E-state index in [0.29, 0.717) is 17.8 Å². The number of halogens is 1. The molecule has 2 nitrogen and oxygen atoms in total. The average Bonchev–Trinajstić information content (AvgIpc) is 2.62. The standard InChI is InChI=1S/C14H18FNO/c1-9-2-5-14(13(15)6-9)17-12-7-10-3-4-11(8-12)16-10/h2,5-6,10-12,16H,3-4,7-8H2,1H3/t10-,11+,12?. The topological polar surface area (TPSA) is 21.3 Å². The highest BCUT2D eigenvalue weighted by Gasteiger charge is 2.34. The Labute approximate surface area is 101 Å². The summed E-state index contributed by atoms with van der Waals surface area (Å²) in [6.07, 6.45) is 4.65. The molecule has 1 N–H and O–H groups in total. The number of benzene rings is 1. The van der Waals surface area contributed by atoms with E-state index in [0.717, 1.165) is 18.4 Å². The molecule has 3 heteroatoms. The van der Waals surface area contributed by atoms with E-state index < -0.39 is 0 Å². The number of fused-ring (bicyclic) bond motifs is 2. The van der Waals surface area contributed by atoms with Gasteiger partial charge in [0.15, 0.2) is 11.6 Å². The average molecular weight is 235 g/mol. The summed E-state index contributed by atoms with van der Waals surface area (Å²) in [5, 5.41) is 3.56. The van der Waals surface area contributed by atoms with Gasteiger partial charge in [-0.2, -0.15) is 0 Å². The van der Waals surface area contributed by atoms with Crippen LogP contribution in [0.4, 0.5) is 4.39 Å².